The number of amides is 2. The summed E-state index contributed by atoms with van der Waals surface area (Å²) in [4.78, 5) is 23.4. The molecule has 2 amide bonds. The average Bonchev–Trinajstić information content (AvgIpc) is 3.14. The minimum absolute atomic E-state index is 0.142. The molecule has 0 aliphatic rings. The first-order valence-corrected chi connectivity index (χ1v) is 10.3. The number of thioether (sulfide) groups is 1. The molecule has 30 heavy (non-hydrogen) atoms. The van der Waals surface area contributed by atoms with E-state index >= 15 is 0 Å². The first-order valence-electron chi connectivity index (χ1n) is 8.98. The van der Waals surface area contributed by atoms with Gasteiger partial charge in [-0.1, -0.05) is 23.4 Å². The minimum Gasteiger partial charge on any atom is -0.383 e. The number of primary amides is 1. The van der Waals surface area contributed by atoms with Crippen LogP contribution in [-0.2, 0) is 16.1 Å². The molecule has 0 unspecified atom stereocenters. The number of benzene rings is 2. The van der Waals surface area contributed by atoms with Gasteiger partial charge in [-0.05, 0) is 48.5 Å². The van der Waals surface area contributed by atoms with Gasteiger partial charge in [0.1, 0.15) is 0 Å². The molecule has 10 heteroatoms. The molecule has 8 nitrogen and oxygen atoms in total. The number of hydrogen-bond donors (Lipinski definition) is 2. The Balaban J connectivity index is 1.68. The highest BCUT2D eigenvalue weighted by Crippen LogP contribution is 2.25. The fraction of sp³-hybridized carbons (Fsp3) is 0.200. The monoisotopic (exact) mass is 445 g/mol. The van der Waals surface area contributed by atoms with Gasteiger partial charge in [0.15, 0.2) is 11.0 Å². The van der Waals surface area contributed by atoms with Gasteiger partial charge < -0.3 is 15.8 Å². The Morgan fingerprint density at radius 3 is 2.47 bits per heavy atom. The molecule has 156 valence electrons. The second kappa shape index (κ2) is 10.2. The maximum atomic E-state index is 12.3. The molecule has 3 rings (SSSR count). The van der Waals surface area contributed by atoms with Crippen LogP contribution in [0.25, 0.3) is 11.4 Å². The van der Waals surface area contributed by atoms with E-state index in [-0.39, 0.29) is 11.7 Å². The van der Waals surface area contributed by atoms with Crippen LogP contribution in [0.4, 0.5) is 5.69 Å². The van der Waals surface area contributed by atoms with E-state index in [1.54, 1.807) is 43.5 Å². The Kier molecular flexibility index (Phi) is 7.45. The molecule has 0 aliphatic carbocycles. The zero-order valence-electron chi connectivity index (χ0n) is 16.2. The third-order valence-electron chi connectivity index (χ3n) is 4.12. The van der Waals surface area contributed by atoms with Gasteiger partial charge in [0, 0.05) is 28.9 Å². The summed E-state index contributed by atoms with van der Waals surface area (Å²) in [6, 6.07) is 13.7. The number of aromatic nitrogens is 3. The molecule has 0 spiro atoms. The van der Waals surface area contributed by atoms with E-state index in [1.165, 1.54) is 11.8 Å². The Morgan fingerprint density at radius 2 is 1.83 bits per heavy atom. The summed E-state index contributed by atoms with van der Waals surface area (Å²) in [6.45, 7) is 1.02. The van der Waals surface area contributed by atoms with Gasteiger partial charge >= 0.3 is 0 Å². The molecule has 0 fully saturated rings. The SMILES string of the molecule is COCCn1c(SCC(=O)Nc2ccc(C(N)=O)cc2)nnc1-c1ccc(Cl)cc1. The van der Waals surface area contributed by atoms with Crippen molar-refractivity contribution in [2.45, 2.75) is 11.7 Å². The van der Waals surface area contributed by atoms with Crippen molar-refractivity contribution in [2.75, 3.05) is 24.8 Å². The van der Waals surface area contributed by atoms with Crippen molar-refractivity contribution in [3.63, 3.8) is 0 Å². The smallest absolute Gasteiger partial charge is 0.248 e. The van der Waals surface area contributed by atoms with Crippen LogP contribution in [0.15, 0.2) is 53.7 Å². The largest absolute Gasteiger partial charge is 0.383 e. The Bertz CT molecular complexity index is 1020. The van der Waals surface area contributed by atoms with Crippen LogP contribution in [0.5, 0.6) is 0 Å². The van der Waals surface area contributed by atoms with Crippen molar-refractivity contribution >= 4 is 40.9 Å². The first-order chi connectivity index (χ1) is 14.5. The molecule has 0 aliphatic heterocycles. The lowest BCUT2D eigenvalue weighted by Gasteiger charge is -2.10. The van der Waals surface area contributed by atoms with Crippen molar-refractivity contribution in [3.05, 3.63) is 59.1 Å². The zero-order chi connectivity index (χ0) is 21.5. The summed E-state index contributed by atoms with van der Waals surface area (Å²) in [5, 5.41) is 12.5. The van der Waals surface area contributed by atoms with Crippen LogP contribution >= 0.6 is 23.4 Å². The van der Waals surface area contributed by atoms with Crippen LogP contribution in [0.1, 0.15) is 10.4 Å². The number of halogens is 1. The van der Waals surface area contributed by atoms with Gasteiger partial charge in [0.25, 0.3) is 0 Å². The van der Waals surface area contributed by atoms with Crippen molar-refractivity contribution in [2.24, 2.45) is 5.73 Å². The fourth-order valence-electron chi connectivity index (χ4n) is 2.64. The summed E-state index contributed by atoms with van der Waals surface area (Å²) in [5.41, 5.74) is 7.04. The van der Waals surface area contributed by atoms with E-state index < -0.39 is 5.91 Å². The average molecular weight is 446 g/mol. The van der Waals surface area contributed by atoms with E-state index in [0.29, 0.717) is 40.4 Å². The predicted molar refractivity (Wildman–Crippen MR) is 117 cm³/mol. The lowest BCUT2D eigenvalue weighted by Crippen LogP contribution is -2.16. The van der Waals surface area contributed by atoms with Crippen molar-refractivity contribution in [1.29, 1.82) is 0 Å². The first kappa shape index (κ1) is 21.8. The second-order valence-corrected chi connectivity index (χ2v) is 7.61. The number of carbonyl (C=O) groups excluding carboxylic acids is 2. The number of rotatable bonds is 9. The molecule has 0 radical (unpaired) electrons. The van der Waals surface area contributed by atoms with Crippen LogP contribution in [0, 0.1) is 0 Å². The van der Waals surface area contributed by atoms with Crippen LogP contribution in [-0.4, -0.2) is 46.0 Å². The molecule has 0 saturated carbocycles. The zero-order valence-corrected chi connectivity index (χ0v) is 17.7. The number of ether oxygens (including phenoxy) is 1. The van der Waals surface area contributed by atoms with Gasteiger partial charge in [-0.2, -0.15) is 0 Å². The third kappa shape index (κ3) is 5.59. The van der Waals surface area contributed by atoms with Crippen LogP contribution < -0.4 is 11.1 Å². The maximum absolute atomic E-state index is 12.3. The van der Waals surface area contributed by atoms with Gasteiger partial charge in [0.05, 0.1) is 18.9 Å². The molecular weight excluding hydrogens is 426 g/mol. The Labute approximate surface area is 182 Å². The molecular formula is C20H20ClN5O3S. The van der Waals surface area contributed by atoms with Crippen LogP contribution in [0.3, 0.4) is 0 Å². The Hall–Kier alpha value is -2.88. The quantitative estimate of drug-likeness (QED) is 0.489. The number of carbonyl (C=O) groups is 2. The molecule has 1 heterocycles. The molecule has 0 bridgehead atoms. The molecule has 3 aromatic rings. The van der Waals surface area contributed by atoms with E-state index in [4.69, 9.17) is 22.1 Å². The van der Waals surface area contributed by atoms with Gasteiger partial charge in [-0.15, -0.1) is 10.2 Å². The third-order valence-corrected chi connectivity index (χ3v) is 5.34. The number of nitrogens with zero attached hydrogens (tertiary/aromatic N) is 3. The fourth-order valence-corrected chi connectivity index (χ4v) is 3.53. The van der Waals surface area contributed by atoms with Crippen LogP contribution in [0.2, 0.25) is 5.02 Å². The van der Waals surface area contributed by atoms with Gasteiger partial charge in [-0.25, -0.2) is 0 Å². The summed E-state index contributed by atoms with van der Waals surface area (Å²) in [5.74, 6) is 0.0914. The normalized spacial score (nSPS) is 10.7. The molecule has 0 atom stereocenters. The van der Waals surface area contributed by atoms with Crippen molar-refractivity contribution in [1.82, 2.24) is 14.8 Å². The summed E-state index contributed by atoms with van der Waals surface area (Å²) in [7, 11) is 1.62. The standard InChI is InChI=1S/C20H20ClN5O3S/c1-29-11-10-26-19(14-2-6-15(21)7-3-14)24-25-20(26)30-12-17(27)23-16-8-4-13(5-9-16)18(22)28/h2-9H,10-12H2,1H3,(H2,22,28)(H,23,27). The van der Waals surface area contributed by atoms with Crippen molar-refractivity contribution < 1.29 is 14.3 Å². The lowest BCUT2D eigenvalue weighted by molar-refractivity contribution is -0.113. The highest BCUT2D eigenvalue weighted by atomic mass is 35.5. The highest BCUT2D eigenvalue weighted by molar-refractivity contribution is 7.99. The Morgan fingerprint density at radius 1 is 1.13 bits per heavy atom. The number of nitrogens with two attached hydrogens (primary N) is 1. The molecule has 2 aromatic carbocycles. The number of hydrogen-bond acceptors (Lipinski definition) is 6. The van der Waals surface area contributed by atoms with E-state index in [2.05, 4.69) is 15.5 Å². The van der Waals surface area contributed by atoms with Gasteiger partial charge in [-0.3, -0.25) is 14.2 Å². The van der Waals surface area contributed by atoms with Gasteiger partial charge in [0.2, 0.25) is 11.8 Å². The maximum Gasteiger partial charge on any atom is 0.248 e. The number of nitrogens with one attached hydrogen (secondary N) is 1. The minimum atomic E-state index is -0.518. The lowest BCUT2D eigenvalue weighted by atomic mass is 10.2. The number of methoxy groups -OCH3 is 1. The molecule has 1 aromatic heterocycles. The second-order valence-electron chi connectivity index (χ2n) is 6.24. The van der Waals surface area contributed by atoms with E-state index in [0.717, 1.165) is 5.56 Å². The van der Waals surface area contributed by atoms with Crippen molar-refractivity contribution in [3.8, 4) is 11.4 Å². The predicted octanol–water partition coefficient (Wildman–Crippen LogP) is 3.07. The topological polar surface area (TPSA) is 112 Å². The summed E-state index contributed by atoms with van der Waals surface area (Å²) in [6.07, 6.45) is 0. The molecule has 3 N–H and O–H groups in total. The van der Waals surface area contributed by atoms with E-state index in [9.17, 15) is 9.59 Å². The summed E-state index contributed by atoms with van der Waals surface area (Å²) >= 11 is 7.24. The van der Waals surface area contributed by atoms with E-state index in [1.807, 2.05) is 16.7 Å². The molecule has 0 saturated heterocycles. The highest BCUT2D eigenvalue weighted by Gasteiger charge is 2.16. The summed E-state index contributed by atoms with van der Waals surface area (Å²) < 4.78 is 7.10. The number of anilines is 1.